The van der Waals surface area contributed by atoms with Gasteiger partial charge in [0.15, 0.2) is 0 Å². The van der Waals surface area contributed by atoms with E-state index in [0.717, 1.165) is 12.8 Å². The highest BCUT2D eigenvalue weighted by atomic mass is 16.4. The zero-order valence-corrected chi connectivity index (χ0v) is 13.5. The average Bonchev–Trinajstić information content (AvgIpc) is 2.40. The maximum absolute atomic E-state index is 11.3. The second-order valence-electron chi connectivity index (χ2n) is 5.76. The Morgan fingerprint density at radius 1 is 1.18 bits per heavy atom. The van der Waals surface area contributed by atoms with Gasteiger partial charge in [0.1, 0.15) is 0 Å². The second kappa shape index (κ2) is 7.94. The summed E-state index contributed by atoms with van der Waals surface area (Å²) in [7, 11) is 0. The van der Waals surface area contributed by atoms with Gasteiger partial charge in [-0.1, -0.05) is 26.7 Å². The third-order valence-corrected chi connectivity index (χ3v) is 3.61. The number of hydrogen-bond acceptors (Lipinski definition) is 3. The van der Waals surface area contributed by atoms with Crippen LogP contribution in [0, 0.1) is 0 Å². The van der Waals surface area contributed by atoms with Crippen LogP contribution in [0.15, 0.2) is 18.2 Å². The Balaban J connectivity index is 3.18. The van der Waals surface area contributed by atoms with Gasteiger partial charge in [-0.05, 0) is 36.6 Å². The summed E-state index contributed by atoms with van der Waals surface area (Å²) in [6.45, 7) is 5.41. The molecule has 5 heteroatoms. The molecule has 0 radical (unpaired) electrons. The lowest BCUT2D eigenvalue weighted by Gasteiger charge is -2.28. The van der Waals surface area contributed by atoms with Crippen LogP contribution in [-0.4, -0.2) is 27.7 Å². The van der Waals surface area contributed by atoms with Gasteiger partial charge in [-0.25, -0.2) is 4.79 Å². The molecule has 1 aromatic rings. The second-order valence-corrected chi connectivity index (χ2v) is 5.76. The Hall–Kier alpha value is -1.88. The van der Waals surface area contributed by atoms with Crippen LogP contribution in [0.3, 0.4) is 0 Å². The van der Waals surface area contributed by atoms with Crippen LogP contribution in [0.5, 0.6) is 0 Å². The van der Waals surface area contributed by atoms with E-state index in [1.807, 2.05) is 13.8 Å². The number of carboxylic acids is 1. The van der Waals surface area contributed by atoms with Crippen molar-refractivity contribution in [3.8, 4) is 0 Å². The fourth-order valence-electron chi connectivity index (χ4n) is 2.77. The van der Waals surface area contributed by atoms with Crippen molar-refractivity contribution >= 4 is 17.6 Å². The molecule has 0 aromatic heterocycles. The van der Waals surface area contributed by atoms with E-state index in [4.69, 9.17) is 5.11 Å². The number of carboxylic acid groups (broad SMARTS) is 1. The minimum absolute atomic E-state index is 0.152. The largest absolute Gasteiger partial charge is 0.478 e. The number of aromatic carboxylic acids is 1. The summed E-state index contributed by atoms with van der Waals surface area (Å²) >= 11 is 0. The Morgan fingerprint density at radius 2 is 1.77 bits per heavy atom. The van der Waals surface area contributed by atoms with Gasteiger partial charge < -0.3 is 15.5 Å². The molecule has 3 N–H and O–H groups in total. The van der Waals surface area contributed by atoms with Gasteiger partial charge in [0.25, 0.3) is 0 Å². The molecule has 1 aromatic carbocycles. The molecule has 0 spiro atoms. The molecule has 0 atom stereocenters. The molecular weight excluding hydrogens is 282 g/mol. The molecule has 0 bridgehead atoms. The van der Waals surface area contributed by atoms with Crippen molar-refractivity contribution in [3.63, 3.8) is 0 Å². The minimum atomic E-state index is -1.02. The summed E-state index contributed by atoms with van der Waals surface area (Å²) in [5, 5.41) is 22.6. The summed E-state index contributed by atoms with van der Waals surface area (Å²) in [4.78, 5) is 22.5. The number of nitrogens with one attached hydrogen (secondary N) is 1. The number of aliphatic hydroxyl groups is 1. The number of carbonyl (C=O) groups is 2. The van der Waals surface area contributed by atoms with Crippen LogP contribution in [0.1, 0.15) is 62.4 Å². The highest BCUT2D eigenvalue weighted by Gasteiger charge is 2.27. The number of benzene rings is 1. The molecule has 0 aliphatic carbocycles. The molecule has 0 saturated carbocycles. The van der Waals surface area contributed by atoms with Crippen LogP contribution >= 0.6 is 0 Å². The van der Waals surface area contributed by atoms with E-state index in [1.165, 1.54) is 19.1 Å². The van der Waals surface area contributed by atoms with Crippen molar-refractivity contribution in [1.29, 1.82) is 0 Å². The third kappa shape index (κ3) is 5.15. The van der Waals surface area contributed by atoms with Crippen molar-refractivity contribution in [2.45, 2.75) is 58.5 Å². The lowest BCUT2D eigenvalue weighted by atomic mass is 9.85. The van der Waals surface area contributed by atoms with Gasteiger partial charge in [0.05, 0.1) is 11.2 Å². The zero-order chi connectivity index (χ0) is 16.8. The number of carbonyl (C=O) groups excluding carboxylic acids is 1. The molecule has 1 amide bonds. The van der Waals surface area contributed by atoms with E-state index in [1.54, 1.807) is 6.07 Å². The van der Waals surface area contributed by atoms with Crippen molar-refractivity contribution < 1.29 is 19.8 Å². The van der Waals surface area contributed by atoms with Gasteiger partial charge >= 0.3 is 5.97 Å². The lowest BCUT2D eigenvalue weighted by molar-refractivity contribution is -0.114. The molecule has 1 rings (SSSR count). The predicted octanol–water partition coefficient (Wildman–Crippen LogP) is 3.22. The molecule has 5 nitrogen and oxygen atoms in total. The summed E-state index contributed by atoms with van der Waals surface area (Å²) < 4.78 is 0. The lowest BCUT2D eigenvalue weighted by Crippen LogP contribution is -2.31. The SMILES string of the molecule is CCCC(O)(CCC)Cc1cc(C(=O)O)ccc1NC(C)=O. The number of anilines is 1. The smallest absolute Gasteiger partial charge is 0.335 e. The Labute approximate surface area is 131 Å². The van der Waals surface area contributed by atoms with Crippen LogP contribution in [-0.2, 0) is 11.2 Å². The quantitative estimate of drug-likeness (QED) is 0.688. The Bertz CT molecular complexity index is 533. The minimum Gasteiger partial charge on any atom is -0.478 e. The van der Waals surface area contributed by atoms with E-state index in [-0.39, 0.29) is 11.5 Å². The average molecular weight is 307 g/mol. The monoisotopic (exact) mass is 307 g/mol. The molecule has 0 fully saturated rings. The predicted molar refractivity (Wildman–Crippen MR) is 86.2 cm³/mol. The Kier molecular flexibility index (Phi) is 6.56. The third-order valence-electron chi connectivity index (χ3n) is 3.61. The Morgan fingerprint density at radius 3 is 2.23 bits per heavy atom. The van der Waals surface area contributed by atoms with Crippen molar-refractivity contribution in [2.24, 2.45) is 0 Å². The molecule has 0 saturated heterocycles. The van der Waals surface area contributed by atoms with Gasteiger partial charge in [-0.15, -0.1) is 0 Å². The normalized spacial score (nSPS) is 11.3. The maximum Gasteiger partial charge on any atom is 0.335 e. The van der Waals surface area contributed by atoms with Gasteiger partial charge in [-0.2, -0.15) is 0 Å². The van der Waals surface area contributed by atoms with Crippen LogP contribution < -0.4 is 5.32 Å². The topological polar surface area (TPSA) is 86.6 Å². The molecule has 0 aliphatic rings. The zero-order valence-electron chi connectivity index (χ0n) is 13.5. The number of rotatable bonds is 8. The summed E-state index contributed by atoms with van der Waals surface area (Å²) in [5.41, 5.74) is 0.482. The maximum atomic E-state index is 11.3. The highest BCUT2D eigenvalue weighted by Crippen LogP contribution is 2.29. The van der Waals surface area contributed by atoms with Crippen molar-refractivity contribution in [1.82, 2.24) is 0 Å². The molecule has 0 unspecified atom stereocenters. The van der Waals surface area contributed by atoms with E-state index < -0.39 is 11.6 Å². The number of amides is 1. The first-order chi connectivity index (χ1) is 10.3. The van der Waals surface area contributed by atoms with Crippen LogP contribution in [0.4, 0.5) is 5.69 Å². The van der Waals surface area contributed by atoms with Gasteiger partial charge in [0, 0.05) is 19.0 Å². The summed E-state index contributed by atoms with van der Waals surface area (Å²) in [6.07, 6.45) is 3.27. The van der Waals surface area contributed by atoms with Crippen LogP contribution in [0.25, 0.3) is 0 Å². The molecule has 22 heavy (non-hydrogen) atoms. The fraction of sp³-hybridized carbons (Fsp3) is 0.529. The fourth-order valence-corrected chi connectivity index (χ4v) is 2.77. The molecular formula is C17H25NO4. The molecule has 0 aliphatic heterocycles. The van der Waals surface area contributed by atoms with Gasteiger partial charge in [-0.3, -0.25) is 4.79 Å². The van der Waals surface area contributed by atoms with Crippen LogP contribution in [0.2, 0.25) is 0 Å². The summed E-state index contributed by atoms with van der Waals surface area (Å²) in [5.74, 6) is -1.25. The van der Waals surface area contributed by atoms with Crippen molar-refractivity contribution in [3.05, 3.63) is 29.3 Å². The number of hydrogen-bond donors (Lipinski definition) is 3. The molecule has 122 valence electrons. The first kappa shape index (κ1) is 18.2. The van der Waals surface area contributed by atoms with Gasteiger partial charge in [0.2, 0.25) is 5.91 Å². The van der Waals surface area contributed by atoms with E-state index >= 15 is 0 Å². The van der Waals surface area contributed by atoms with Crippen molar-refractivity contribution in [2.75, 3.05) is 5.32 Å². The standard InChI is InChI=1S/C17H25NO4/c1-4-8-17(22,9-5-2)11-14-10-13(16(20)21)6-7-15(14)18-12(3)19/h6-7,10,22H,4-5,8-9,11H2,1-3H3,(H,18,19)(H,20,21). The summed E-state index contributed by atoms with van der Waals surface area (Å²) in [6, 6.07) is 4.57. The van der Waals surface area contributed by atoms with E-state index in [2.05, 4.69) is 5.32 Å². The molecule has 0 heterocycles. The van der Waals surface area contributed by atoms with E-state index in [9.17, 15) is 14.7 Å². The first-order valence-corrected chi connectivity index (χ1v) is 7.67. The highest BCUT2D eigenvalue weighted by molar-refractivity contribution is 5.92. The first-order valence-electron chi connectivity index (χ1n) is 7.67. The van der Waals surface area contributed by atoms with E-state index in [0.29, 0.717) is 30.5 Å².